The predicted molar refractivity (Wildman–Crippen MR) is 124 cm³/mol. The van der Waals surface area contributed by atoms with Crippen molar-refractivity contribution < 1.29 is 9.53 Å². The lowest BCUT2D eigenvalue weighted by Crippen LogP contribution is -2.76. The molecule has 2 heteroatoms. The third kappa shape index (κ3) is 2.39. The van der Waals surface area contributed by atoms with Gasteiger partial charge in [-0.1, -0.05) is 27.4 Å². The number of rotatable bonds is 5. The van der Waals surface area contributed by atoms with Gasteiger partial charge in [0.15, 0.2) is 0 Å². The summed E-state index contributed by atoms with van der Waals surface area (Å²) in [6.07, 6.45) is 15.0. The Balaban J connectivity index is 1.56. The Morgan fingerprint density at radius 1 is 0.871 bits per heavy atom. The highest BCUT2D eigenvalue weighted by atomic mass is 16.6. The van der Waals surface area contributed by atoms with Crippen LogP contribution in [0.3, 0.4) is 0 Å². The molecule has 8 fully saturated rings. The van der Waals surface area contributed by atoms with E-state index in [1.807, 2.05) is 6.92 Å². The van der Waals surface area contributed by atoms with Gasteiger partial charge >= 0.3 is 5.97 Å². The molecule has 0 N–H and O–H groups in total. The van der Waals surface area contributed by atoms with Crippen molar-refractivity contribution >= 4 is 5.97 Å². The second-order valence-electron chi connectivity index (χ2n) is 13.4. The fourth-order valence-electron chi connectivity index (χ4n) is 12.2. The highest BCUT2D eigenvalue weighted by molar-refractivity contribution is 5.87. The van der Waals surface area contributed by atoms with E-state index in [0.717, 1.165) is 41.9 Å². The smallest absolute Gasteiger partial charge is 0.333 e. The maximum Gasteiger partial charge on any atom is 0.333 e. The SMILES string of the molecule is C=C(C)C(=O)OC1(CC)C2CC3CC(C2)CC1(C1(C(C)C)C2CC4CC(C2)CC1C4)C3. The Morgan fingerprint density at radius 3 is 1.81 bits per heavy atom. The first-order valence-electron chi connectivity index (χ1n) is 13.6. The summed E-state index contributed by atoms with van der Waals surface area (Å²) in [4.78, 5) is 13.2. The van der Waals surface area contributed by atoms with Gasteiger partial charge in [0, 0.05) is 11.0 Å². The van der Waals surface area contributed by atoms with Crippen LogP contribution in [0.25, 0.3) is 0 Å². The molecular formula is C29H44O2. The standard InChI is InChI=1S/C29H44O2/c1-6-28(31-26(30)17(2)3)23-13-21-8-22(14-23)16-27(28,15-21)29(18(4)5)24-9-19-7-20(11-24)12-25(29)10-19/h18-25H,2,6-16H2,1,3-5H3. The fraction of sp³-hybridized carbons (Fsp3) is 0.897. The summed E-state index contributed by atoms with van der Waals surface area (Å²) in [5.41, 5.74) is 0.865. The lowest BCUT2D eigenvalue weighted by atomic mass is 9.27. The van der Waals surface area contributed by atoms with Crippen molar-refractivity contribution in [1.29, 1.82) is 0 Å². The van der Waals surface area contributed by atoms with Crippen molar-refractivity contribution in [2.75, 3.05) is 0 Å². The lowest BCUT2D eigenvalue weighted by molar-refractivity contribution is -0.334. The van der Waals surface area contributed by atoms with Gasteiger partial charge in [0.1, 0.15) is 5.60 Å². The molecule has 31 heavy (non-hydrogen) atoms. The molecule has 172 valence electrons. The predicted octanol–water partition coefficient (Wildman–Crippen LogP) is 7.18. The molecule has 0 amide bonds. The first kappa shape index (κ1) is 20.8. The molecule has 3 atom stereocenters. The average Bonchev–Trinajstić information content (AvgIpc) is 2.69. The van der Waals surface area contributed by atoms with Crippen LogP contribution >= 0.6 is 0 Å². The molecule has 8 aliphatic carbocycles. The van der Waals surface area contributed by atoms with Gasteiger partial charge in [-0.05, 0) is 130 Å². The number of carbonyl (C=O) groups excluding carboxylic acids is 1. The van der Waals surface area contributed by atoms with E-state index in [1.54, 1.807) is 0 Å². The van der Waals surface area contributed by atoms with Crippen molar-refractivity contribution in [3.05, 3.63) is 12.2 Å². The van der Waals surface area contributed by atoms with E-state index in [0.29, 0.717) is 22.8 Å². The zero-order valence-electron chi connectivity index (χ0n) is 20.4. The van der Waals surface area contributed by atoms with Gasteiger partial charge in [-0.2, -0.15) is 0 Å². The van der Waals surface area contributed by atoms with E-state index in [-0.39, 0.29) is 17.0 Å². The molecule has 0 aliphatic heterocycles. The molecule has 8 saturated carbocycles. The summed E-state index contributed by atoms with van der Waals surface area (Å²) in [6.45, 7) is 13.3. The summed E-state index contributed by atoms with van der Waals surface area (Å²) < 4.78 is 6.82. The quantitative estimate of drug-likeness (QED) is 0.345. The number of hydrogen-bond acceptors (Lipinski definition) is 2. The van der Waals surface area contributed by atoms with Crippen LogP contribution in [0.2, 0.25) is 0 Å². The van der Waals surface area contributed by atoms with Crippen molar-refractivity contribution in [1.82, 2.24) is 0 Å². The minimum Gasteiger partial charge on any atom is -0.455 e. The minimum atomic E-state index is -0.268. The van der Waals surface area contributed by atoms with Gasteiger partial charge < -0.3 is 4.74 Å². The summed E-state index contributed by atoms with van der Waals surface area (Å²) in [5, 5.41) is 0. The molecule has 0 radical (unpaired) electrons. The van der Waals surface area contributed by atoms with Crippen LogP contribution in [0.1, 0.15) is 98.3 Å². The summed E-state index contributed by atoms with van der Waals surface area (Å²) in [5.74, 6) is 6.55. The second kappa shape index (κ2) is 6.63. The Labute approximate surface area is 190 Å². The molecule has 3 unspecified atom stereocenters. The Morgan fingerprint density at radius 2 is 1.35 bits per heavy atom. The zero-order valence-corrected chi connectivity index (χ0v) is 20.4. The van der Waals surface area contributed by atoms with Gasteiger partial charge in [0.25, 0.3) is 0 Å². The molecule has 0 aromatic heterocycles. The molecule has 2 nitrogen and oxygen atoms in total. The Kier molecular flexibility index (Phi) is 4.45. The number of ether oxygens (including phenoxy) is 1. The summed E-state index contributed by atoms with van der Waals surface area (Å²) in [6, 6.07) is 0. The lowest BCUT2D eigenvalue weighted by Gasteiger charge is -2.78. The first-order chi connectivity index (χ1) is 14.8. The van der Waals surface area contributed by atoms with Crippen LogP contribution in [0.15, 0.2) is 12.2 Å². The van der Waals surface area contributed by atoms with Crippen molar-refractivity contribution in [3.8, 4) is 0 Å². The van der Waals surface area contributed by atoms with Crippen molar-refractivity contribution in [2.24, 2.45) is 58.2 Å². The molecule has 0 aromatic rings. The Hall–Kier alpha value is -0.790. The van der Waals surface area contributed by atoms with E-state index in [2.05, 4.69) is 27.4 Å². The molecule has 0 heterocycles. The van der Waals surface area contributed by atoms with Crippen LogP contribution in [0.4, 0.5) is 0 Å². The van der Waals surface area contributed by atoms with Crippen LogP contribution in [-0.2, 0) is 9.53 Å². The topological polar surface area (TPSA) is 26.3 Å². The molecule has 8 aliphatic rings. The van der Waals surface area contributed by atoms with Crippen molar-refractivity contribution in [2.45, 2.75) is 104 Å². The third-order valence-corrected chi connectivity index (χ3v) is 12.1. The third-order valence-electron chi connectivity index (χ3n) is 12.1. The van der Waals surface area contributed by atoms with Gasteiger partial charge in [0.2, 0.25) is 0 Å². The monoisotopic (exact) mass is 424 g/mol. The Bertz CT molecular complexity index is 751. The average molecular weight is 425 g/mol. The molecule has 0 aromatic carbocycles. The second-order valence-corrected chi connectivity index (χ2v) is 13.4. The van der Waals surface area contributed by atoms with Crippen LogP contribution in [0.5, 0.6) is 0 Å². The van der Waals surface area contributed by atoms with Gasteiger partial charge in [-0.3, -0.25) is 0 Å². The first-order valence-corrected chi connectivity index (χ1v) is 13.6. The molecular weight excluding hydrogens is 380 g/mol. The molecule has 8 rings (SSSR count). The van der Waals surface area contributed by atoms with E-state index < -0.39 is 0 Å². The van der Waals surface area contributed by atoms with Gasteiger partial charge in [0.05, 0.1) is 0 Å². The maximum atomic E-state index is 13.2. The van der Waals surface area contributed by atoms with Gasteiger partial charge in [-0.15, -0.1) is 0 Å². The number of esters is 1. The molecule has 8 bridgehead atoms. The molecule has 0 spiro atoms. The highest BCUT2D eigenvalue weighted by Gasteiger charge is 2.77. The number of hydrogen-bond donors (Lipinski definition) is 0. The number of carbonyl (C=O) groups is 1. The summed E-state index contributed by atoms with van der Waals surface area (Å²) >= 11 is 0. The minimum absolute atomic E-state index is 0.114. The maximum absolute atomic E-state index is 13.2. The fourth-order valence-corrected chi connectivity index (χ4v) is 12.2. The van der Waals surface area contributed by atoms with E-state index in [9.17, 15) is 4.79 Å². The van der Waals surface area contributed by atoms with Gasteiger partial charge in [-0.25, -0.2) is 4.79 Å². The van der Waals surface area contributed by atoms with E-state index in [1.165, 1.54) is 64.2 Å². The van der Waals surface area contributed by atoms with Crippen LogP contribution < -0.4 is 0 Å². The van der Waals surface area contributed by atoms with Crippen LogP contribution in [-0.4, -0.2) is 11.6 Å². The normalized spacial score (nSPS) is 53.9. The van der Waals surface area contributed by atoms with Crippen LogP contribution in [0, 0.1) is 58.2 Å². The zero-order chi connectivity index (χ0) is 21.8. The largest absolute Gasteiger partial charge is 0.455 e. The van der Waals surface area contributed by atoms with E-state index >= 15 is 0 Å². The summed E-state index contributed by atoms with van der Waals surface area (Å²) in [7, 11) is 0. The highest BCUT2D eigenvalue weighted by Crippen LogP contribution is 2.80. The van der Waals surface area contributed by atoms with E-state index in [4.69, 9.17) is 4.74 Å². The van der Waals surface area contributed by atoms with Crippen molar-refractivity contribution in [3.63, 3.8) is 0 Å². The molecule has 0 saturated heterocycles.